The third-order valence-electron chi connectivity index (χ3n) is 4.10. The number of carbonyl (C=O) groups excluding carboxylic acids is 1. The largest absolute Gasteiger partial charge is 0.307 e. The highest BCUT2D eigenvalue weighted by atomic mass is 32.1. The summed E-state index contributed by atoms with van der Waals surface area (Å²) in [6.07, 6.45) is 3.36. The van der Waals surface area contributed by atoms with Crippen molar-refractivity contribution in [2.45, 2.75) is 39.7 Å². The maximum atomic E-state index is 12.4. The highest BCUT2D eigenvalue weighted by Gasteiger charge is 2.16. The zero-order valence-electron chi connectivity index (χ0n) is 11.7. The van der Waals surface area contributed by atoms with Crippen LogP contribution in [0.4, 0.5) is 0 Å². The lowest BCUT2D eigenvalue weighted by Crippen LogP contribution is -2.20. The van der Waals surface area contributed by atoms with E-state index in [1.165, 1.54) is 28.9 Å². The lowest BCUT2D eigenvalue weighted by atomic mass is 10.0. The summed E-state index contributed by atoms with van der Waals surface area (Å²) in [5, 5.41) is 0. The standard InChI is InChI=1S/C16H17NO2S/c1-10-11(2)20-16(19)17(10)9-15(18)14-7-6-12-4-3-5-13(12)8-14/h6-8H,3-5,9H2,1-2H3. The summed E-state index contributed by atoms with van der Waals surface area (Å²) in [6.45, 7) is 3.95. The molecule has 3 nitrogen and oxygen atoms in total. The minimum absolute atomic E-state index is 0.0164. The predicted octanol–water partition coefficient (Wildman–Crippen LogP) is 2.90. The van der Waals surface area contributed by atoms with Crippen LogP contribution in [0.2, 0.25) is 0 Å². The summed E-state index contributed by atoms with van der Waals surface area (Å²) in [7, 11) is 0. The van der Waals surface area contributed by atoms with E-state index in [1.54, 1.807) is 4.57 Å². The minimum Gasteiger partial charge on any atom is -0.295 e. The Bertz CT molecular complexity index is 739. The number of aryl methyl sites for hydroxylation is 3. The number of carbonyl (C=O) groups is 1. The number of hydrogen-bond acceptors (Lipinski definition) is 3. The molecule has 0 saturated heterocycles. The van der Waals surface area contributed by atoms with Crippen LogP contribution < -0.4 is 4.87 Å². The quantitative estimate of drug-likeness (QED) is 0.814. The van der Waals surface area contributed by atoms with Crippen LogP contribution in [0.1, 0.15) is 38.5 Å². The summed E-state index contributed by atoms with van der Waals surface area (Å²) in [5.74, 6) is 0.0164. The van der Waals surface area contributed by atoms with Gasteiger partial charge in [0.2, 0.25) is 0 Å². The SMILES string of the molecule is Cc1sc(=O)n(CC(=O)c2ccc3c(c2)CCC3)c1C. The molecule has 0 spiro atoms. The highest BCUT2D eigenvalue weighted by molar-refractivity contribution is 7.09. The molecule has 1 aliphatic rings. The number of Topliss-reactive ketones (excluding diaryl/α,β-unsaturated/α-hetero) is 1. The minimum atomic E-state index is -0.0467. The number of ketones is 1. The molecule has 1 aromatic carbocycles. The van der Waals surface area contributed by atoms with Crippen LogP contribution in [0, 0.1) is 13.8 Å². The number of hydrogen-bond donors (Lipinski definition) is 0. The van der Waals surface area contributed by atoms with Gasteiger partial charge in [-0.2, -0.15) is 0 Å². The lowest BCUT2D eigenvalue weighted by Gasteiger charge is -2.06. The zero-order valence-corrected chi connectivity index (χ0v) is 12.5. The lowest BCUT2D eigenvalue weighted by molar-refractivity contribution is 0.0970. The third kappa shape index (κ3) is 2.24. The molecule has 0 unspecified atom stereocenters. The van der Waals surface area contributed by atoms with Crippen LogP contribution in [0.15, 0.2) is 23.0 Å². The second-order valence-electron chi connectivity index (χ2n) is 5.36. The molecule has 3 rings (SSSR count). The summed E-state index contributed by atoms with van der Waals surface area (Å²) in [4.78, 5) is 25.2. The van der Waals surface area contributed by atoms with E-state index in [9.17, 15) is 9.59 Å². The van der Waals surface area contributed by atoms with Gasteiger partial charge in [0.15, 0.2) is 5.78 Å². The van der Waals surface area contributed by atoms with Gasteiger partial charge in [0.05, 0.1) is 6.54 Å². The van der Waals surface area contributed by atoms with E-state index in [-0.39, 0.29) is 17.2 Å². The van der Waals surface area contributed by atoms with Crippen molar-refractivity contribution in [3.05, 3.63) is 55.1 Å². The topological polar surface area (TPSA) is 39.1 Å². The van der Waals surface area contributed by atoms with E-state index in [0.29, 0.717) is 0 Å². The Morgan fingerprint density at radius 3 is 2.70 bits per heavy atom. The van der Waals surface area contributed by atoms with Gasteiger partial charge in [-0.1, -0.05) is 23.5 Å². The van der Waals surface area contributed by atoms with Gasteiger partial charge in [0.1, 0.15) is 0 Å². The van der Waals surface area contributed by atoms with Crippen molar-refractivity contribution >= 4 is 17.1 Å². The summed E-state index contributed by atoms with van der Waals surface area (Å²) in [5.41, 5.74) is 4.28. The van der Waals surface area contributed by atoms with Crippen molar-refractivity contribution in [3.8, 4) is 0 Å². The molecule has 20 heavy (non-hydrogen) atoms. The van der Waals surface area contributed by atoms with Crippen molar-refractivity contribution < 1.29 is 4.79 Å². The van der Waals surface area contributed by atoms with E-state index in [4.69, 9.17) is 0 Å². The van der Waals surface area contributed by atoms with Crippen LogP contribution in [0.3, 0.4) is 0 Å². The van der Waals surface area contributed by atoms with Gasteiger partial charge in [0, 0.05) is 16.1 Å². The Labute approximate surface area is 121 Å². The second kappa shape index (κ2) is 5.02. The number of benzene rings is 1. The first kappa shape index (κ1) is 13.3. The number of rotatable bonds is 3. The first-order valence-electron chi connectivity index (χ1n) is 6.88. The summed E-state index contributed by atoms with van der Waals surface area (Å²) in [6, 6.07) is 5.96. The van der Waals surface area contributed by atoms with E-state index in [2.05, 4.69) is 6.07 Å². The fraction of sp³-hybridized carbons (Fsp3) is 0.375. The Hall–Kier alpha value is -1.68. The fourth-order valence-electron chi connectivity index (χ4n) is 2.75. The van der Waals surface area contributed by atoms with Crippen molar-refractivity contribution in [2.24, 2.45) is 0 Å². The van der Waals surface area contributed by atoms with Crippen LogP contribution >= 0.6 is 11.3 Å². The molecule has 0 aliphatic heterocycles. The molecule has 2 aromatic rings. The van der Waals surface area contributed by atoms with Crippen molar-refractivity contribution in [2.75, 3.05) is 0 Å². The first-order chi connectivity index (χ1) is 9.56. The molecule has 0 radical (unpaired) electrons. The predicted molar refractivity (Wildman–Crippen MR) is 80.9 cm³/mol. The fourth-order valence-corrected chi connectivity index (χ4v) is 3.58. The Kier molecular flexibility index (Phi) is 3.34. The number of fused-ring (bicyclic) bond motifs is 1. The van der Waals surface area contributed by atoms with Crippen molar-refractivity contribution in [1.29, 1.82) is 0 Å². The number of nitrogens with zero attached hydrogens (tertiary/aromatic N) is 1. The van der Waals surface area contributed by atoms with Crippen LogP contribution in [-0.4, -0.2) is 10.4 Å². The van der Waals surface area contributed by atoms with Gasteiger partial charge in [0.25, 0.3) is 0 Å². The molecule has 0 saturated carbocycles. The molecule has 0 N–H and O–H groups in total. The van der Waals surface area contributed by atoms with Crippen LogP contribution in [-0.2, 0) is 19.4 Å². The maximum absolute atomic E-state index is 12.4. The van der Waals surface area contributed by atoms with Crippen LogP contribution in [0.25, 0.3) is 0 Å². The number of aromatic nitrogens is 1. The van der Waals surface area contributed by atoms with E-state index in [0.717, 1.165) is 29.0 Å². The molecular formula is C16H17NO2S. The Morgan fingerprint density at radius 2 is 2.00 bits per heavy atom. The van der Waals surface area contributed by atoms with Crippen molar-refractivity contribution in [1.82, 2.24) is 4.57 Å². The smallest absolute Gasteiger partial charge is 0.295 e. The van der Waals surface area contributed by atoms with E-state index in [1.807, 2.05) is 26.0 Å². The Morgan fingerprint density at radius 1 is 1.25 bits per heavy atom. The van der Waals surface area contributed by atoms with E-state index < -0.39 is 0 Å². The van der Waals surface area contributed by atoms with Crippen molar-refractivity contribution in [3.63, 3.8) is 0 Å². The van der Waals surface area contributed by atoms with Gasteiger partial charge in [-0.3, -0.25) is 14.2 Å². The molecule has 0 bridgehead atoms. The van der Waals surface area contributed by atoms with Gasteiger partial charge < -0.3 is 0 Å². The summed E-state index contributed by atoms with van der Waals surface area (Å²) < 4.78 is 1.58. The summed E-state index contributed by atoms with van der Waals surface area (Å²) >= 11 is 1.21. The van der Waals surface area contributed by atoms with Gasteiger partial charge in [-0.05, 0) is 50.3 Å². The van der Waals surface area contributed by atoms with Gasteiger partial charge >= 0.3 is 4.87 Å². The number of thiazole rings is 1. The molecule has 104 valence electrons. The van der Waals surface area contributed by atoms with Gasteiger partial charge in [-0.15, -0.1) is 0 Å². The van der Waals surface area contributed by atoms with Crippen LogP contribution in [0.5, 0.6) is 0 Å². The third-order valence-corrected chi connectivity index (χ3v) is 5.09. The van der Waals surface area contributed by atoms with E-state index >= 15 is 0 Å². The first-order valence-corrected chi connectivity index (χ1v) is 7.70. The zero-order chi connectivity index (χ0) is 14.3. The average molecular weight is 287 g/mol. The second-order valence-corrected chi connectivity index (χ2v) is 6.52. The molecule has 1 aromatic heterocycles. The molecule has 4 heteroatoms. The molecule has 0 amide bonds. The Balaban J connectivity index is 1.88. The maximum Gasteiger partial charge on any atom is 0.307 e. The molecule has 0 atom stereocenters. The van der Waals surface area contributed by atoms with Gasteiger partial charge in [-0.25, -0.2) is 0 Å². The highest BCUT2D eigenvalue weighted by Crippen LogP contribution is 2.23. The molecular weight excluding hydrogens is 270 g/mol. The average Bonchev–Trinajstić information content (AvgIpc) is 2.98. The molecule has 1 aliphatic carbocycles. The molecule has 0 fully saturated rings. The molecule has 1 heterocycles. The normalized spacial score (nSPS) is 13.5. The monoisotopic (exact) mass is 287 g/mol.